The fourth-order valence-corrected chi connectivity index (χ4v) is 8.54. The SMILES string of the molecule is CC(C)CCCC(C)C1CCC2C3CC(=O)C4=CC(F)CCC4(C)C3CCC12C. The van der Waals surface area contributed by atoms with Crippen molar-refractivity contribution in [3.63, 3.8) is 0 Å². The van der Waals surface area contributed by atoms with Crippen LogP contribution in [0.15, 0.2) is 11.6 Å². The Balaban J connectivity index is 1.53. The van der Waals surface area contributed by atoms with Crippen LogP contribution in [0.1, 0.15) is 98.8 Å². The maximum absolute atomic E-state index is 14.1. The Kier molecular flexibility index (Phi) is 5.79. The lowest BCUT2D eigenvalue weighted by Gasteiger charge is -2.58. The maximum Gasteiger partial charge on any atom is 0.159 e. The van der Waals surface area contributed by atoms with Crippen molar-refractivity contribution in [2.45, 2.75) is 105 Å². The van der Waals surface area contributed by atoms with Crippen LogP contribution in [0.25, 0.3) is 0 Å². The molecule has 0 saturated heterocycles. The Labute approximate surface area is 178 Å². The summed E-state index contributed by atoms with van der Waals surface area (Å²) in [4.78, 5) is 13.1. The number of carbonyl (C=O) groups is 1. The molecule has 8 unspecified atom stereocenters. The number of ketones is 1. The zero-order valence-corrected chi connectivity index (χ0v) is 19.5. The van der Waals surface area contributed by atoms with Gasteiger partial charge in [-0.15, -0.1) is 0 Å². The van der Waals surface area contributed by atoms with Crippen LogP contribution in [-0.4, -0.2) is 12.0 Å². The number of hydrogen-bond acceptors (Lipinski definition) is 1. The van der Waals surface area contributed by atoms with Gasteiger partial charge >= 0.3 is 0 Å². The van der Waals surface area contributed by atoms with E-state index in [9.17, 15) is 9.18 Å². The van der Waals surface area contributed by atoms with Crippen molar-refractivity contribution in [2.75, 3.05) is 0 Å². The van der Waals surface area contributed by atoms with E-state index >= 15 is 0 Å². The molecule has 0 N–H and O–H groups in total. The number of alkyl halides is 1. The monoisotopic (exact) mass is 402 g/mol. The predicted molar refractivity (Wildman–Crippen MR) is 118 cm³/mol. The summed E-state index contributed by atoms with van der Waals surface area (Å²) in [7, 11) is 0. The molecule has 3 saturated carbocycles. The van der Waals surface area contributed by atoms with Crippen molar-refractivity contribution in [1.29, 1.82) is 0 Å². The normalized spacial score (nSPS) is 45.4. The lowest BCUT2D eigenvalue weighted by Crippen LogP contribution is -2.53. The standard InChI is InChI=1S/C27H43FO/c1-17(2)7-6-8-18(3)21-9-10-22-20-16-25(29)24-15-19(28)11-13-27(24,5)23(20)12-14-26(21,22)4/h15,17-23H,6-14,16H2,1-5H3. The van der Waals surface area contributed by atoms with E-state index in [2.05, 4.69) is 34.6 Å². The first-order valence-electron chi connectivity index (χ1n) is 12.6. The third kappa shape index (κ3) is 3.55. The summed E-state index contributed by atoms with van der Waals surface area (Å²) in [5, 5.41) is 0. The number of fused-ring (bicyclic) bond motifs is 5. The van der Waals surface area contributed by atoms with Gasteiger partial charge in [0.2, 0.25) is 0 Å². The van der Waals surface area contributed by atoms with Crippen LogP contribution >= 0.6 is 0 Å². The molecule has 0 spiro atoms. The molecule has 4 aliphatic carbocycles. The summed E-state index contributed by atoms with van der Waals surface area (Å²) in [5.41, 5.74) is 1.20. The molecule has 0 radical (unpaired) electrons. The first-order chi connectivity index (χ1) is 13.7. The zero-order chi connectivity index (χ0) is 21.0. The minimum absolute atomic E-state index is 0.0646. The number of rotatable bonds is 5. The van der Waals surface area contributed by atoms with Crippen molar-refractivity contribution in [3.8, 4) is 0 Å². The highest BCUT2D eigenvalue weighted by Gasteiger charge is 2.60. The van der Waals surface area contributed by atoms with Gasteiger partial charge in [0.1, 0.15) is 6.17 Å². The van der Waals surface area contributed by atoms with Gasteiger partial charge in [0.25, 0.3) is 0 Å². The minimum Gasteiger partial charge on any atom is -0.295 e. The Morgan fingerprint density at radius 1 is 1.03 bits per heavy atom. The molecule has 0 heterocycles. The zero-order valence-electron chi connectivity index (χ0n) is 19.5. The lowest BCUT2D eigenvalue weighted by atomic mass is 9.46. The van der Waals surface area contributed by atoms with Gasteiger partial charge in [0.05, 0.1) is 0 Å². The highest BCUT2D eigenvalue weighted by atomic mass is 19.1. The third-order valence-electron chi connectivity index (χ3n) is 10.1. The Hall–Kier alpha value is -0.660. The van der Waals surface area contributed by atoms with E-state index in [1.807, 2.05) is 0 Å². The average molecular weight is 403 g/mol. The molecule has 0 aromatic carbocycles. The van der Waals surface area contributed by atoms with Crippen LogP contribution in [0, 0.1) is 46.3 Å². The van der Waals surface area contributed by atoms with Gasteiger partial charge in [-0.25, -0.2) is 4.39 Å². The second-order valence-corrected chi connectivity index (χ2v) is 12.1. The average Bonchev–Trinajstić information content (AvgIpc) is 3.00. The number of hydrogen-bond donors (Lipinski definition) is 0. The smallest absolute Gasteiger partial charge is 0.159 e. The van der Waals surface area contributed by atoms with Crippen molar-refractivity contribution in [1.82, 2.24) is 0 Å². The molecule has 0 aliphatic heterocycles. The van der Waals surface area contributed by atoms with Crippen LogP contribution in [0.4, 0.5) is 4.39 Å². The molecule has 4 rings (SSSR count). The molecule has 0 amide bonds. The largest absolute Gasteiger partial charge is 0.295 e. The molecule has 8 atom stereocenters. The highest BCUT2D eigenvalue weighted by molar-refractivity contribution is 5.98. The van der Waals surface area contributed by atoms with Gasteiger partial charge in [0, 0.05) is 12.0 Å². The van der Waals surface area contributed by atoms with Gasteiger partial charge < -0.3 is 0 Å². The summed E-state index contributed by atoms with van der Waals surface area (Å²) in [6, 6.07) is 0. The van der Waals surface area contributed by atoms with Gasteiger partial charge in [-0.2, -0.15) is 0 Å². The number of allylic oxidation sites excluding steroid dienone is 2. The molecule has 1 nitrogen and oxygen atoms in total. The van der Waals surface area contributed by atoms with E-state index in [4.69, 9.17) is 0 Å². The summed E-state index contributed by atoms with van der Waals surface area (Å²) in [5.74, 6) is 4.52. The van der Waals surface area contributed by atoms with Crippen molar-refractivity contribution in [3.05, 3.63) is 11.6 Å². The molecular formula is C27H43FO. The van der Waals surface area contributed by atoms with Gasteiger partial charge in [-0.05, 0) is 90.9 Å². The van der Waals surface area contributed by atoms with Crippen LogP contribution < -0.4 is 0 Å². The fourth-order valence-electron chi connectivity index (χ4n) is 8.54. The molecular weight excluding hydrogens is 359 g/mol. The number of halogens is 1. The summed E-state index contributed by atoms with van der Waals surface area (Å²) in [6.45, 7) is 12.0. The lowest BCUT2D eigenvalue weighted by molar-refractivity contribution is -0.129. The summed E-state index contributed by atoms with van der Waals surface area (Å²) >= 11 is 0. The molecule has 164 valence electrons. The van der Waals surface area contributed by atoms with Crippen LogP contribution in [0.2, 0.25) is 0 Å². The van der Waals surface area contributed by atoms with E-state index in [1.54, 1.807) is 6.08 Å². The van der Waals surface area contributed by atoms with E-state index < -0.39 is 6.17 Å². The topological polar surface area (TPSA) is 17.1 Å². The molecule has 3 fully saturated rings. The predicted octanol–water partition coefficient (Wildman–Crippen LogP) is 7.54. The van der Waals surface area contributed by atoms with E-state index in [0.717, 1.165) is 29.7 Å². The molecule has 0 aromatic rings. The van der Waals surface area contributed by atoms with Crippen LogP contribution in [0.3, 0.4) is 0 Å². The fraction of sp³-hybridized carbons (Fsp3) is 0.889. The van der Waals surface area contributed by atoms with Crippen molar-refractivity contribution in [2.24, 2.45) is 46.3 Å². The van der Waals surface area contributed by atoms with Crippen molar-refractivity contribution >= 4 is 5.78 Å². The van der Waals surface area contributed by atoms with Crippen LogP contribution in [-0.2, 0) is 4.79 Å². The Bertz CT molecular complexity index is 665. The van der Waals surface area contributed by atoms with E-state index in [1.165, 1.54) is 44.9 Å². The van der Waals surface area contributed by atoms with Crippen molar-refractivity contribution < 1.29 is 9.18 Å². The Morgan fingerprint density at radius 2 is 1.79 bits per heavy atom. The molecule has 0 aromatic heterocycles. The third-order valence-corrected chi connectivity index (χ3v) is 10.1. The van der Waals surface area contributed by atoms with Crippen LogP contribution in [0.5, 0.6) is 0 Å². The maximum atomic E-state index is 14.1. The molecule has 4 aliphatic rings. The van der Waals surface area contributed by atoms with E-state index in [-0.39, 0.29) is 11.2 Å². The minimum atomic E-state index is -0.907. The first kappa shape index (κ1) is 21.6. The van der Waals surface area contributed by atoms with Gasteiger partial charge in [-0.3, -0.25) is 4.79 Å². The quantitative estimate of drug-likeness (QED) is 0.464. The second-order valence-electron chi connectivity index (χ2n) is 12.1. The summed E-state index contributed by atoms with van der Waals surface area (Å²) < 4.78 is 14.1. The molecule has 0 bridgehead atoms. The molecule has 29 heavy (non-hydrogen) atoms. The van der Waals surface area contributed by atoms with E-state index in [0.29, 0.717) is 36.0 Å². The highest BCUT2D eigenvalue weighted by Crippen LogP contribution is 2.67. The summed E-state index contributed by atoms with van der Waals surface area (Å²) in [6.07, 6.45) is 12.2. The Morgan fingerprint density at radius 3 is 2.52 bits per heavy atom. The first-order valence-corrected chi connectivity index (χ1v) is 12.6. The molecule has 2 heteroatoms. The number of carbonyl (C=O) groups excluding carboxylic acids is 1. The second kappa shape index (κ2) is 7.79. The van der Waals surface area contributed by atoms with Gasteiger partial charge in [-0.1, -0.05) is 53.9 Å². The van der Waals surface area contributed by atoms with Gasteiger partial charge in [0.15, 0.2) is 5.78 Å². The number of Topliss-reactive ketones (excluding diaryl/α,β-unsaturated/α-hetero) is 1.